The number of fused-ring (bicyclic) bond motifs is 1. The van der Waals surface area contributed by atoms with Crippen molar-refractivity contribution in [3.63, 3.8) is 0 Å². The lowest BCUT2D eigenvalue weighted by atomic mass is 10.0. The van der Waals surface area contributed by atoms with Crippen LogP contribution in [0.5, 0.6) is 5.75 Å². The minimum absolute atomic E-state index is 0.0220. The number of alkyl halides is 3. The normalized spacial score (nSPS) is 11.2. The number of halogens is 4. The predicted octanol–water partition coefficient (Wildman–Crippen LogP) is 5.83. The molecule has 0 aliphatic heterocycles. The molecule has 1 heterocycles. The molecule has 1 aromatic heterocycles. The van der Waals surface area contributed by atoms with E-state index in [4.69, 9.17) is 11.6 Å². The van der Waals surface area contributed by atoms with Gasteiger partial charge in [0.2, 0.25) is 5.91 Å². The van der Waals surface area contributed by atoms with E-state index in [1.165, 1.54) is 24.5 Å². The fraction of sp³-hybridized carbons (Fsp3) is 0.348. The van der Waals surface area contributed by atoms with Crippen LogP contribution < -0.4 is 5.32 Å². The number of ketones is 1. The largest absolute Gasteiger partial charge is 0.507 e. The summed E-state index contributed by atoms with van der Waals surface area (Å²) in [6.45, 7) is 5.03. The Hall–Kier alpha value is -2.69. The SMILES string of the molecule is CCC(=O)c1cc(Cl)cc(C)c1O.COCC(=O)NCc1cc(C(F)(F)F)cc2sc(C)nc12. The Labute approximate surface area is 203 Å². The highest BCUT2D eigenvalue weighted by Crippen LogP contribution is 2.35. The van der Waals surface area contributed by atoms with Crippen molar-refractivity contribution in [3.8, 4) is 5.75 Å². The zero-order valence-electron chi connectivity index (χ0n) is 19.0. The number of hydrogen-bond acceptors (Lipinski definition) is 6. The number of phenolic OH excluding ortho intramolecular Hbond substituents is 1. The third kappa shape index (κ3) is 7.15. The van der Waals surface area contributed by atoms with Crippen molar-refractivity contribution in [1.29, 1.82) is 0 Å². The highest BCUT2D eigenvalue weighted by Gasteiger charge is 2.31. The molecule has 3 rings (SSSR count). The van der Waals surface area contributed by atoms with Gasteiger partial charge in [0, 0.05) is 25.1 Å². The van der Waals surface area contributed by atoms with Gasteiger partial charge in [0.05, 0.1) is 26.4 Å². The molecule has 6 nitrogen and oxygen atoms in total. The van der Waals surface area contributed by atoms with Crippen LogP contribution in [0, 0.1) is 13.8 Å². The van der Waals surface area contributed by atoms with Gasteiger partial charge < -0.3 is 15.2 Å². The van der Waals surface area contributed by atoms with Crippen molar-refractivity contribution in [2.75, 3.05) is 13.7 Å². The van der Waals surface area contributed by atoms with Gasteiger partial charge in [0.1, 0.15) is 12.4 Å². The van der Waals surface area contributed by atoms with E-state index in [0.717, 1.165) is 12.1 Å². The van der Waals surface area contributed by atoms with Crippen LogP contribution in [0.1, 0.15) is 45.4 Å². The van der Waals surface area contributed by atoms with E-state index in [9.17, 15) is 27.9 Å². The number of phenols is 1. The molecule has 184 valence electrons. The van der Waals surface area contributed by atoms with Gasteiger partial charge in [-0.1, -0.05) is 18.5 Å². The zero-order valence-corrected chi connectivity index (χ0v) is 20.5. The number of carbonyl (C=O) groups is 2. The lowest BCUT2D eigenvalue weighted by molar-refractivity contribution is -0.137. The summed E-state index contributed by atoms with van der Waals surface area (Å²) in [5.41, 5.74) is 1.03. The smallest absolute Gasteiger partial charge is 0.416 e. The van der Waals surface area contributed by atoms with Crippen molar-refractivity contribution in [2.45, 2.75) is 39.9 Å². The number of aromatic nitrogens is 1. The number of aromatic hydroxyl groups is 1. The Bertz CT molecular complexity index is 1200. The fourth-order valence-electron chi connectivity index (χ4n) is 3.02. The van der Waals surface area contributed by atoms with Crippen molar-refractivity contribution >= 4 is 44.8 Å². The van der Waals surface area contributed by atoms with Crippen LogP contribution in [0.25, 0.3) is 10.2 Å². The second-order valence-corrected chi connectivity index (χ2v) is 8.99. The van der Waals surface area contributed by atoms with E-state index in [-0.39, 0.29) is 24.7 Å². The van der Waals surface area contributed by atoms with Gasteiger partial charge in [-0.15, -0.1) is 11.3 Å². The quantitative estimate of drug-likeness (QED) is 0.402. The minimum Gasteiger partial charge on any atom is -0.507 e. The summed E-state index contributed by atoms with van der Waals surface area (Å²) < 4.78 is 43.8. The standard InChI is InChI=1S/C13H13F3N2O2S.C10H11ClO2/c1-7-18-12-8(5-17-11(19)6-20-2)3-9(13(14,15)16)4-10(12)21-7;1-3-9(12)8-5-7(11)4-6(2)10(8)13/h3-4H,5-6H2,1-2H3,(H,17,19);4-5,13H,3H2,1-2H3. The van der Waals surface area contributed by atoms with E-state index in [2.05, 4.69) is 15.0 Å². The Kier molecular flexibility index (Phi) is 9.43. The summed E-state index contributed by atoms with van der Waals surface area (Å²) in [6.07, 6.45) is -4.06. The van der Waals surface area contributed by atoms with Crippen LogP contribution >= 0.6 is 22.9 Å². The van der Waals surface area contributed by atoms with Crippen LogP contribution in [0.4, 0.5) is 13.2 Å². The number of carbonyl (C=O) groups excluding carboxylic acids is 2. The van der Waals surface area contributed by atoms with E-state index >= 15 is 0 Å². The highest BCUT2D eigenvalue weighted by atomic mass is 35.5. The second kappa shape index (κ2) is 11.6. The van der Waals surface area contributed by atoms with Gasteiger partial charge in [-0.25, -0.2) is 4.98 Å². The van der Waals surface area contributed by atoms with Crippen molar-refractivity contribution in [3.05, 3.63) is 56.5 Å². The number of hydrogen-bond donors (Lipinski definition) is 2. The summed E-state index contributed by atoms with van der Waals surface area (Å²) in [4.78, 5) is 26.9. The van der Waals surface area contributed by atoms with Crippen LogP contribution in [0.15, 0.2) is 24.3 Å². The molecule has 0 spiro atoms. The van der Waals surface area contributed by atoms with Crippen molar-refractivity contribution in [1.82, 2.24) is 10.3 Å². The molecule has 0 saturated carbocycles. The zero-order chi connectivity index (χ0) is 25.6. The number of rotatable bonds is 6. The highest BCUT2D eigenvalue weighted by molar-refractivity contribution is 7.18. The molecule has 0 unspecified atom stereocenters. The summed E-state index contributed by atoms with van der Waals surface area (Å²) in [5, 5.41) is 13.2. The summed E-state index contributed by atoms with van der Waals surface area (Å²) >= 11 is 6.95. The molecule has 2 aromatic carbocycles. The number of ether oxygens (including phenoxy) is 1. The average molecular weight is 517 g/mol. The van der Waals surface area contributed by atoms with Crippen LogP contribution in [-0.4, -0.2) is 35.5 Å². The molecule has 0 fully saturated rings. The first-order valence-electron chi connectivity index (χ1n) is 10.1. The molecule has 3 aromatic rings. The lowest BCUT2D eigenvalue weighted by Crippen LogP contribution is -2.26. The Balaban J connectivity index is 0.000000270. The van der Waals surface area contributed by atoms with Gasteiger partial charge in [-0.2, -0.15) is 13.2 Å². The first-order valence-corrected chi connectivity index (χ1v) is 11.3. The molecule has 11 heteroatoms. The van der Waals surface area contributed by atoms with Crippen LogP contribution in [0.3, 0.4) is 0 Å². The molecule has 0 radical (unpaired) electrons. The molecular weight excluding hydrogens is 493 g/mol. The van der Waals surface area contributed by atoms with Crippen LogP contribution in [0.2, 0.25) is 5.02 Å². The average Bonchev–Trinajstić information content (AvgIpc) is 3.14. The molecule has 0 aliphatic carbocycles. The molecular formula is C23H24ClF3N2O4S. The van der Waals surface area contributed by atoms with E-state index < -0.39 is 17.6 Å². The monoisotopic (exact) mass is 516 g/mol. The number of benzene rings is 2. The second-order valence-electron chi connectivity index (χ2n) is 7.32. The number of methoxy groups -OCH3 is 1. The summed E-state index contributed by atoms with van der Waals surface area (Å²) in [6, 6.07) is 5.23. The van der Waals surface area contributed by atoms with Crippen LogP contribution in [-0.2, 0) is 22.3 Å². The van der Waals surface area contributed by atoms with E-state index in [1.807, 2.05) is 0 Å². The van der Waals surface area contributed by atoms with Gasteiger partial charge >= 0.3 is 6.18 Å². The fourth-order valence-corrected chi connectivity index (χ4v) is 4.21. The van der Waals surface area contributed by atoms with Crippen molar-refractivity contribution in [2.24, 2.45) is 0 Å². The Morgan fingerprint density at radius 1 is 1.21 bits per heavy atom. The van der Waals surface area contributed by atoms with Gasteiger partial charge in [-0.3, -0.25) is 9.59 Å². The third-order valence-electron chi connectivity index (χ3n) is 4.65. The van der Waals surface area contributed by atoms with E-state index in [1.54, 1.807) is 26.8 Å². The topological polar surface area (TPSA) is 88.5 Å². The first kappa shape index (κ1) is 27.6. The molecule has 0 atom stereocenters. The summed E-state index contributed by atoms with van der Waals surface area (Å²) in [7, 11) is 1.37. The van der Waals surface area contributed by atoms with Gasteiger partial charge in [-0.05, 0) is 49.2 Å². The van der Waals surface area contributed by atoms with Gasteiger partial charge in [0.15, 0.2) is 5.78 Å². The number of nitrogens with one attached hydrogen (secondary N) is 1. The van der Waals surface area contributed by atoms with E-state index in [0.29, 0.717) is 43.4 Å². The Morgan fingerprint density at radius 3 is 2.47 bits per heavy atom. The first-order chi connectivity index (χ1) is 15.9. The van der Waals surface area contributed by atoms with Crippen molar-refractivity contribution < 1.29 is 32.6 Å². The molecule has 0 saturated heterocycles. The number of thiazole rings is 1. The number of nitrogens with zero attached hydrogens (tertiary/aromatic N) is 1. The maximum absolute atomic E-state index is 12.9. The number of aryl methyl sites for hydroxylation is 2. The molecule has 34 heavy (non-hydrogen) atoms. The Morgan fingerprint density at radius 2 is 1.88 bits per heavy atom. The number of Topliss-reactive ketones (excluding diaryl/α,β-unsaturated/α-hetero) is 1. The molecule has 0 bridgehead atoms. The molecule has 2 N–H and O–H groups in total. The third-order valence-corrected chi connectivity index (χ3v) is 5.78. The summed E-state index contributed by atoms with van der Waals surface area (Å²) in [5.74, 6) is -0.450. The molecule has 0 aliphatic rings. The predicted molar refractivity (Wildman–Crippen MR) is 126 cm³/mol. The maximum Gasteiger partial charge on any atom is 0.416 e. The minimum atomic E-state index is -4.43. The maximum atomic E-state index is 12.9. The number of amides is 1. The molecule has 1 amide bonds. The lowest BCUT2D eigenvalue weighted by Gasteiger charge is -2.10. The van der Waals surface area contributed by atoms with Gasteiger partial charge in [0.25, 0.3) is 0 Å².